The normalized spacial score (nSPS) is 19.1. The molecule has 0 radical (unpaired) electrons. The van der Waals surface area contributed by atoms with Crippen molar-refractivity contribution in [1.29, 1.82) is 0 Å². The maximum absolute atomic E-state index is 12.0. The molecule has 5 heteroatoms. The number of amides is 1. The van der Waals surface area contributed by atoms with E-state index < -0.39 is 5.97 Å². The first-order valence-corrected chi connectivity index (χ1v) is 6.85. The summed E-state index contributed by atoms with van der Waals surface area (Å²) >= 11 is 0. The Kier molecular flexibility index (Phi) is 5.12. The standard InChI is InChI=1S/C15H19NO4/c17-14(16-12-5-3-8-20-9-7-12)10-11-4-1-2-6-13(11)15(18)19/h1-2,4,6,12H,3,5,7-10H2,(H,16,17)(H,18,19). The molecule has 0 aromatic heterocycles. The Morgan fingerprint density at radius 3 is 2.85 bits per heavy atom. The van der Waals surface area contributed by atoms with Crippen molar-refractivity contribution in [2.75, 3.05) is 13.2 Å². The number of carbonyl (C=O) groups is 2. The van der Waals surface area contributed by atoms with E-state index in [4.69, 9.17) is 9.84 Å². The summed E-state index contributed by atoms with van der Waals surface area (Å²) in [6.45, 7) is 1.41. The van der Waals surface area contributed by atoms with Gasteiger partial charge in [0, 0.05) is 19.3 Å². The van der Waals surface area contributed by atoms with Gasteiger partial charge in [-0.2, -0.15) is 0 Å². The Balaban J connectivity index is 1.95. The van der Waals surface area contributed by atoms with Crippen LogP contribution in [-0.4, -0.2) is 36.2 Å². The Hall–Kier alpha value is -1.88. The van der Waals surface area contributed by atoms with Gasteiger partial charge in [-0.25, -0.2) is 4.79 Å². The third-order valence-corrected chi connectivity index (χ3v) is 3.42. The van der Waals surface area contributed by atoms with Crippen LogP contribution in [0.5, 0.6) is 0 Å². The van der Waals surface area contributed by atoms with Crippen molar-refractivity contribution in [2.45, 2.75) is 31.7 Å². The molecule has 20 heavy (non-hydrogen) atoms. The number of carbonyl (C=O) groups excluding carboxylic acids is 1. The van der Waals surface area contributed by atoms with E-state index in [0.29, 0.717) is 12.2 Å². The van der Waals surface area contributed by atoms with Crippen molar-refractivity contribution in [2.24, 2.45) is 0 Å². The van der Waals surface area contributed by atoms with Gasteiger partial charge in [0.25, 0.3) is 0 Å². The third kappa shape index (κ3) is 4.06. The number of rotatable bonds is 4. The SMILES string of the molecule is O=C(Cc1ccccc1C(=O)O)NC1CCCOCC1. The summed E-state index contributed by atoms with van der Waals surface area (Å²) in [5, 5.41) is 12.1. The molecule has 0 bridgehead atoms. The third-order valence-electron chi connectivity index (χ3n) is 3.42. The van der Waals surface area contributed by atoms with Crippen LogP contribution in [0.2, 0.25) is 0 Å². The van der Waals surface area contributed by atoms with E-state index in [1.165, 1.54) is 6.07 Å². The molecule has 1 unspecified atom stereocenters. The van der Waals surface area contributed by atoms with E-state index in [9.17, 15) is 9.59 Å². The van der Waals surface area contributed by atoms with E-state index in [2.05, 4.69) is 5.32 Å². The highest BCUT2D eigenvalue weighted by atomic mass is 16.5. The minimum absolute atomic E-state index is 0.0971. The molecule has 1 heterocycles. The second kappa shape index (κ2) is 7.05. The van der Waals surface area contributed by atoms with E-state index >= 15 is 0 Å². The number of benzene rings is 1. The maximum atomic E-state index is 12.0. The summed E-state index contributed by atoms with van der Waals surface area (Å²) in [6.07, 6.45) is 2.76. The van der Waals surface area contributed by atoms with Crippen molar-refractivity contribution in [3.05, 3.63) is 35.4 Å². The molecule has 0 spiro atoms. The van der Waals surface area contributed by atoms with Gasteiger partial charge < -0.3 is 15.2 Å². The number of hydrogen-bond acceptors (Lipinski definition) is 3. The zero-order valence-electron chi connectivity index (χ0n) is 11.3. The summed E-state index contributed by atoms with van der Waals surface area (Å²) in [5.74, 6) is -1.14. The molecule has 1 aromatic rings. The Morgan fingerprint density at radius 1 is 1.25 bits per heavy atom. The van der Waals surface area contributed by atoms with Crippen LogP contribution in [0.1, 0.15) is 35.2 Å². The van der Waals surface area contributed by atoms with Gasteiger partial charge in [-0.1, -0.05) is 18.2 Å². The molecule has 2 rings (SSSR count). The highest BCUT2D eigenvalue weighted by Gasteiger charge is 2.17. The molecule has 0 aliphatic carbocycles. The smallest absolute Gasteiger partial charge is 0.335 e. The van der Waals surface area contributed by atoms with Gasteiger partial charge in [0.2, 0.25) is 5.91 Å². The van der Waals surface area contributed by atoms with E-state index in [-0.39, 0.29) is 23.9 Å². The number of hydrogen-bond donors (Lipinski definition) is 2. The Morgan fingerprint density at radius 2 is 2.05 bits per heavy atom. The average Bonchev–Trinajstić information content (AvgIpc) is 2.67. The van der Waals surface area contributed by atoms with Crippen LogP contribution >= 0.6 is 0 Å². The quantitative estimate of drug-likeness (QED) is 0.876. The van der Waals surface area contributed by atoms with Crippen LogP contribution in [0.3, 0.4) is 0 Å². The predicted molar refractivity (Wildman–Crippen MR) is 73.7 cm³/mol. The zero-order chi connectivity index (χ0) is 14.4. The highest BCUT2D eigenvalue weighted by molar-refractivity contribution is 5.91. The van der Waals surface area contributed by atoms with Crippen molar-refractivity contribution in [1.82, 2.24) is 5.32 Å². The van der Waals surface area contributed by atoms with Gasteiger partial charge in [-0.05, 0) is 30.9 Å². The van der Waals surface area contributed by atoms with Gasteiger partial charge in [0.05, 0.1) is 12.0 Å². The van der Waals surface area contributed by atoms with Crippen LogP contribution in [0.25, 0.3) is 0 Å². The molecule has 0 saturated carbocycles. The van der Waals surface area contributed by atoms with Gasteiger partial charge in [0.1, 0.15) is 0 Å². The van der Waals surface area contributed by atoms with E-state index in [1.54, 1.807) is 18.2 Å². The minimum Gasteiger partial charge on any atom is -0.478 e. The monoisotopic (exact) mass is 277 g/mol. The molecule has 1 fully saturated rings. The summed E-state index contributed by atoms with van der Waals surface area (Å²) in [4.78, 5) is 23.1. The fourth-order valence-electron chi connectivity index (χ4n) is 2.38. The van der Waals surface area contributed by atoms with Crippen molar-refractivity contribution in [3.8, 4) is 0 Å². The molecule has 1 aromatic carbocycles. The van der Waals surface area contributed by atoms with Crippen molar-refractivity contribution < 1.29 is 19.4 Å². The van der Waals surface area contributed by atoms with Crippen LogP contribution in [-0.2, 0) is 16.0 Å². The molecular weight excluding hydrogens is 258 g/mol. The first-order valence-electron chi connectivity index (χ1n) is 6.85. The van der Waals surface area contributed by atoms with E-state index in [1.807, 2.05) is 0 Å². The summed E-state index contributed by atoms with van der Waals surface area (Å²) in [5.41, 5.74) is 0.731. The second-order valence-electron chi connectivity index (χ2n) is 4.95. The first kappa shape index (κ1) is 14.5. The highest BCUT2D eigenvalue weighted by Crippen LogP contribution is 2.11. The maximum Gasteiger partial charge on any atom is 0.335 e. The molecule has 108 valence electrons. The lowest BCUT2D eigenvalue weighted by molar-refractivity contribution is -0.121. The van der Waals surface area contributed by atoms with Crippen molar-refractivity contribution in [3.63, 3.8) is 0 Å². The number of ether oxygens (including phenoxy) is 1. The molecule has 5 nitrogen and oxygen atoms in total. The molecular formula is C15H19NO4. The van der Waals surface area contributed by atoms with Crippen LogP contribution in [0.4, 0.5) is 0 Å². The lowest BCUT2D eigenvalue weighted by Crippen LogP contribution is -2.36. The van der Waals surface area contributed by atoms with Gasteiger partial charge in [-0.15, -0.1) is 0 Å². The summed E-state index contributed by atoms with van der Waals surface area (Å²) in [7, 11) is 0. The molecule has 1 atom stereocenters. The van der Waals surface area contributed by atoms with Crippen LogP contribution in [0, 0.1) is 0 Å². The fraction of sp³-hybridized carbons (Fsp3) is 0.467. The zero-order valence-corrected chi connectivity index (χ0v) is 11.3. The van der Waals surface area contributed by atoms with Gasteiger partial charge in [0.15, 0.2) is 0 Å². The number of carboxylic acid groups (broad SMARTS) is 1. The lowest BCUT2D eigenvalue weighted by atomic mass is 10.0. The fourth-order valence-corrected chi connectivity index (χ4v) is 2.38. The van der Waals surface area contributed by atoms with Crippen molar-refractivity contribution >= 4 is 11.9 Å². The Bertz CT molecular complexity index is 479. The molecule has 1 saturated heterocycles. The second-order valence-corrected chi connectivity index (χ2v) is 4.95. The van der Waals surface area contributed by atoms with Crippen LogP contribution in [0.15, 0.2) is 24.3 Å². The van der Waals surface area contributed by atoms with E-state index in [0.717, 1.165) is 25.9 Å². The first-order chi connectivity index (χ1) is 9.66. The lowest BCUT2D eigenvalue weighted by Gasteiger charge is -2.16. The van der Waals surface area contributed by atoms with Gasteiger partial charge in [-0.3, -0.25) is 4.79 Å². The molecule has 1 amide bonds. The molecule has 2 N–H and O–H groups in total. The van der Waals surface area contributed by atoms with Gasteiger partial charge >= 0.3 is 5.97 Å². The summed E-state index contributed by atoms with van der Waals surface area (Å²) in [6, 6.07) is 6.73. The summed E-state index contributed by atoms with van der Waals surface area (Å²) < 4.78 is 5.35. The van der Waals surface area contributed by atoms with Crippen LogP contribution < -0.4 is 5.32 Å². The molecule has 1 aliphatic heterocycles. The topological polar surface area (TPSA) is 75.6 Å². The average molecular weight is 277 g/mol. The largest absolute Gasteiger partial charge is 0.478 e. The number of aromatic carboxylic acids is 1. The number of nitrogens with one attached hydrogen (secondary N) is 1. The molecule has 1 aliphatic rings. The number of carboxylic acids is 1. The minimum atomic E-state index is -1.00. The Labute approximate surface area is 117 Å². The predicted octanol–water partition coefficient (Wildman–Crippen LogP) is 1.61.